The summed E-state index contributed by atoms with van der Waals surface area (Å²) in [6.07, 6.45) is 2.87. The Morgan fingerprint density at radius 3 is 2.50 bits per heavy atom. The standard InChI is InChI=1S/C12H16O2/c1-9-6-10(8-11(7-9)14-2)12(13)4-3-5-12/h6-8,13H,3-5H2,1-2H3. The van der Waals surface area contributed by atoms with Crippen LogP contribution >= 0.6 is 0 Å². The first-order valence-electron chi connectivity index (χ1n) is 5.03. The van der Waals surface area contributed by atoms with Gasteiger partial charge in [-0.2, -0.15) is 0 Å². The molecule has 0 amide bonds. The van der Waals surface area contributed by atoms with E-state index in [1.54, 1.807) is 7.11 Å². The maximum absolute atomic E-state index is 10.2. The van der Waals surface area contributed by atoms with Gasteiger partial charge < -0.3 is 9.84 Å². The third-order valence-corrected chi connectivity index (χ3v) is 3.00. The van der Waals surface area contributed by atoms with Gasteiger partial charge in [-0.3, -0.25) is 0 Å². The normalized spacial score (nSPS) is 18.8. The lowest BCUT2D eigenvalue weighted by Gasteiger charge is -2.37. The molecular formula is C12H16O2. The third kappa shape index (κ3) is 1.50. The van der Waals surface area contributed by atoms with E-state index >= 15 is 0 Å². The molecule has 1 aromatic carbocycles. The van der Waals surface area contributed by atoms with E-state index in [9.17, 15) is 5.11 Å². The summed E-state index contributed by atoms with van der Waals surface area (Å²) in [6, 6.07) is 5.96. The Kier molecular flexibility index (Phi) is 2.23. The molecule has 0 spiro atoms. The molecule has 1 N–H and O–H groups in total. The molecule has 1 fully saturated rings. The second kappa shape index (κ2) is 3.28. The third-order valence-electron chi connectivity index (χ3n) is 3.00. The molecule has 0 aromatic heterocycles. The molecule has 1 saturated carbocycles. The van der Waals surface area contributed by atoms with Gasteiger partial charge in [-0.15, -0.1) is 0 Å². The van der Waals surface area contributed by atoms with Crippen molar-refractivity contribution in [2.24, 2.45) is 0 Å². The molecule has 0 heterocycles. The SMILES string of the molecule is COc1cc(C)cc(C2(O)CCC2)c1. The van der Waals surface area contributed by atoms with E-state index < -0.39 is 5.60 Å². The zero-order valence-electron chi connectivity index (χ0n) is 8.71. The largest absolute Gasteiger partial charge is 0.497 e. The lowest BCUT2D eigenvalue weighted by Crippen LogP contribution is -2.33. The van der Waals surface area contributed by atoms with Gasteiger partial charge in [0.1, 0.15) is 5.75 Å². The van der Waals surface area contributed by atoms with Crippen LogP contribution in [0.3, 0.4) is 0 Å². The number of hydrogen-bond donors (Lipinski definition) is 1. The molecule has 0 radical (unpaired) electrons. The van der Waals surface area contributed by atoms with Gasteiger partial charge in [0.2, 0.25) is 0 Å². The second-order valence-corrected chi connectivity index (χ2v) is 4.12. The van der Waals surface area contributed by atoms with Gasteiger partial charge in [0, 0.05) is 0 Å². The van der Waals surface area contributed by atoms with Gasteiger partial charge in [0.15, 0.2) is 0 Å². The topological polar surface area (TPSA) is 29.5 Å². The van der Waals surface area contributed by atoms with Crippen molar-refractivity contribution < 1.29 is 9.84 Å². The van der Waals surface area contributed by atoms with E-state index in [0.717, 1.165) is 36.1 Å². The van der Waals surface area contributed by atoms with Crippen molar-refractivity contribution >= 4 is 0 Å². The highest BCUT2D eigenvalue weighted by Crippen LogP contribution is 2.42. The van der Waals surface area contributed by atoms with Crippen molar-refractivity contribution in [1.29, 1.82) is 0 Å². The van der Waals surface area contributed by atoms with E-state index in [2.05, 4.69) is 0 Å². The molecular weight excluding hydrogens is 176 g/mol. The summed E-state index contributed by atoms with van der Waals surface area (Å²) < 4.78 is 5.19. The molecule has 0 atom stereocenters. The fourth-order valence-corrected chi connectivity index (χ4v) is 1.93. The van der Waals surface area contributed by atoms with Crippen LogP contribution in [0.2, 0.25) is 0 Å². The van der Waals surface area contributed by atoms with Crippen LogP contribution in [0.25, 0.3) is 0 Å². The van der Waals surface area contributed by atoms with Gasteiger partial charge >= 0.3 is 0 Å². The molecule has 1 aliphatic carbocycles. The van der Waals surface area contributed by atoms with Gasteiger partial charge in [-0.25, -0.2) is 0 Å². The van der Waals surface area contributed by atoms with Crippen molar-refractivity contribution in [2.45, 2.75) is 31.8 Å². The minimum atomic E-state index is -0.584. The van der Waals surface area contributed by atoms with Crippen LogP contribution in [0.15, 0.2) is 18.2 Å². The highest BCUT2D eigenvalue weighted by atomic mass is 16.5. The van der Waals surface area contributed by atoms with Crippen LogP contribution in [0.5, 0.6) is 5.75 Å². The summed E-state index contributed by atoms with van der Waals surface area (Å²) in [4.78, 5) is 0. The molecule has 0 bridgehead atoms. The average Bonchev–Trinajstić information content (AvgIpc) is 2.13. The predicted octanol–water partition coefficient (Wildman–Crippen LogP) is 2.38. The quantitative estimate of drug-likeness (QED) is 0.779. The molecule has 2 heteroatoms. The summed E-state index contributed by atoms with van der Waals surface area (Å²) in [6.45, 7) is 2.02. The van der Waals surface area contributed by atoms with Crippen LogP contribution in [-0.2, 0) is 5.60 Å². The van der Waals surface area contributed by atoms with Crippen LogP contribution in [0.4, 0.5) is 0 Å². The highest BCUT2D eigenvalue weighted by molar-refractivity contribution is 5.37. The number of rotatable bonds is 2. The lowest BCUT2D eigenvalue weighted by molar-refractivity contribution is -0.0389. The van der Waals surface area contributed by atoms with E-state index in [0.29, 0.717) is 0 Å². The number of aliphatic hydroxyl groups is 1. The summed E-state index contributed by atoms with van der Waals surface area (Å²) in [5.74, 6) is 0.834. The molecule has 14 heavy (non-hydrogen) atoms. The van der Waals surface area contributed by atoms with E-state index in [1.165, 1.54) is 0 Å². The van der Waals surface area contributed by atoms with Gasteiger partial charge in [-0.1, -0.05) is 6.07 Å². The molecule has 2 nitrogen and oxygen atoms in total. The van der Waals surface area contributed by atoms with Crippen molar-refractivity contribution in [3.8, 4) is 5.75 Å². The predicted molar refractivity (Wildman–Crippen MR) is 55.5 cm³/mol. The smallest absolute Gasteiger partial charge is 0.119 e. The van der Waals surface area contributed by atoms with Crippen molar-refractivity contribution in [3.05, 3.63) is 29.3 Å². The molecule has 1 aliphatic rings. The fraction of sp³-hybridized carbons (Fsp3) is 0.500. The molecule has 0 unspecified atom stereocenters. The van der Waals surface area contributed by atoms with Crippen LogP contribution < -0.4 is 4.74 Å². The second-order valence-electron chi connectivity index (χ2n) is 4.12. The Bertz CT molecular complexity index is 340. The molecule has 1 aromatic rings. The van der Waals surface area contributed by atoms with Gasteiger partial charge in [0.25, 0.3) is 0 Å². The maximum Gasteiger partial charge on any atom is 0.119 e. The van der Waals surface area contributed by atoms with Crippen molar-refractivity contribution in [3.63, 3.8) is 0 Å². The highest BCUT2D eigenvalue weighted by Gasteiger charge is 2.36. The summed E-state index contributed by atoms with van der Waals surface area (Å²) >= 11 is 0. The van der Waals surface area contributed by atoms with E-state index in [1.807, 2.05) is 25.1 Å². The first-order valence-corrected chi connectivity index (χ1v) is 5.03. The zero-order chi connectivity index (χ0) is 10.2. The summed E-state index contributed by atoms with van der Waals surface area (Å²) in [5, 5.41) is 10.2. The number of methoxy groups -OCH3 is 1. The summed E-state index contributed by atoms with van der Waals surface area (Å²) in [5.41, 5.74) is 1.56. The Morgan fingerprint density at radius 1 is 1.29 bits per heavy atom. The first kappa shape index (κ1) is 9.53. The fourth-order valence-electron chi connectivity index (χ4n) is 1.93. The monoisotopic (exact) mass is 192 g/mol. The number of hydrogen-bond acceptors (Lipinski definition) is 2. The molecule has 2 rings (SSSR count). The zero-order valence-corrected chi connectivity index (χ0v) is 8.71. The van der Waals surface area contributed by atoms with E-state index in [4.69, 9.17) is 4.74 Å². The van der Waals surface area contributed by atoms with Gasteiger partial charge in [-0.05, 0) is 49.4 Å². The Labute approximate surface area is 84.5 Å². The number of aryl methyl sites for hydroxylation is 1. The lowest BCUT2D eigenvalue weighted by atomic mass is 9.75. The Hall–Kier alpha value is -1.02. The summed E-state index contributed by atoms with van der Waals surface area (Å²) in [7, 11) is 1.66. The van der Waals surface area contributed by atoms with Crippen LogP contribution in [0, 0.1) is 6.92 Å². The van der Waals surface area contributed by atoms with E-state index in [-0.39, 0.29) is 0 Å². The maximum atomic E-state index is 10.2. The molecule has 76 valence electrons. The van der Waals surface area contributed by atoms with Crippen molar-refractivity contribution in [1.82, 2.24) is 0 Å². The molecule has 0 aliphatic heterocycles. The molecule has 0 saturated heterocycles. The number of benzene rings is 1. The Morgan fingerprint density at radius 2 is 2.00 bits per heavy atom. The minimum Gasteiger partial charge on any atom is -0.497 e. The van der Waals surface area contributed by atoms with Crippen molar-refractivity contribution in [2.75, 3.05) is 7.11 Å². The van der Waals surface area contributed by atoms with Gasteiger partial charge in [0.05, 0.1) is 12.7 Å². The first-order chi connectivity index (χ1) is 6.64. The van der Waals surface area contributed by atoms with Crippen LogP contribution in [-0.4, -0.2) is 12.2 Å². The average molecular weight is 192 g/mol. The number of ether oxygens (including phenoxy) is 1. The van der Waals surface area contributed by atoms with Crippen LogP contribution in [0.1, 0.15) is 30.4 Å². The minimum absolute atomic E-state index is 0.584. The Balaban J connectivity index is 2.37.